The summed E-state index contributed by atoms with van der Waals surface area (Å²) in [5.74, 6) is 0. The molecule has 47 heavy (non-hydrogen) atoms. The monoisotopic (exact) mass is 635 g/mol. The molecule has 2 aromatic carbocycles. The van der Waals surface area contributed by atoms with Crippen LogP contribution in [0.5, 0.6) is 0 Å². The first-order valence-corrected chi connectivity index (χ1v) is 19.1. The topological polar surface area (TPSA) is 6.48 Å². The fourth-order valence-electron chi connectivity index (χ4n) is 6.76. The second-order valence-electron chi connectivity index (χ2n) is 13.4. The minimum Gasteiger partial charge on any atom is -0.372 e. The van der Waals surface area contributed by atoms with Gasteiger partial charge in [0.15, 0.2) is 0 Å². The standard InChI is InChI=1S/C45H66N2/c1-7-10-11-12-13-14-15-16-17-18-19-20-21-22-23-29-36-46(6)39(5)43-32-27-28-33-44(43)45(40-30-25-24-26-31-40)42-35-34-41(37-38(42)4)47(8-2)9-3/h23,25-35,37H,5,7-22,24,36H2,1-4,6H3/b29-23+. The highest BCUT2D eigenvalue weighted by Crippen LogP contribution is 2.37. The van der Waals surface area contributed by atoms with E-state index >= 15 is 0 Å². The number of rotatable bonds is 23. The number of unbranched alkanes of at least 4 members (excludes halogenated alkanes) is 13. The van der Waals surface area contributed by atoms with Crippen LogP contribution in [0.15, 0.2) is 91.1 Å². The van der Waals surface area contributed by atoms with Crippen LogP contribution in [-0.2, 0) is 0 Å². The van der Waals surface area contributed by atoms with Crippen LogP contribution in [0, 0.1) is 6.92 Å². The SMILES string of the molecule is C=C(c1ccccc1C(=C1C=CCC=C1)c1ccc(N(CC)CC)cc1C)N(C)C/C=C/CCCCCCCCCCCCCCC. The van der Waals surface area contributed by atoms with E-state index in [9.17, 15) is 0 Å². The summed E-state index contributed by atoms with van der Waals surface area (Å²) >= 11 is 0. The first kappa shape index (κ1) is 38.2. The molecule has 3 rings (SSSR count). The fourth-order valence-corrected chi connectivity index (χ4v) is 6.76. The van der Waals surface area contributed by atoms with Gasteiger partial charge in [-0.05, 0) is 80.0 Å². The van der Waals surface area contributed by atoms with Gasteiger partial charge in [0, 0.05) is 43.6 Å². The summed E-state index contributed by atoms with van der Waals surface area (Å²) in [5, 5.41) is 0. The Morgan fingerprint density at radius 2 is 1.28 bits per heavy atom. The molecule has 0 aliphatic heterocycles. The zero-order chi connectivity index (χ0) is 33.7. The van der Waals surface area contributed by atoms with E-state index in [-0.39, 0.29) is 0 Å². The van der Waals surface area contributed by atoms with Gasteiger partial charge < -0.3 is 9.80 Å². The molecule has 0 bridgehead atoms. The van der Waals surface area contributed by atoms with Crippen molar-refractivity contribution in [3.8, 4) is 0 Å². The van der Waals surface area contributed by atoms with Gasteiger partial charge in [-0.3, -0.25) is 0 Å². The van der Waals surface area contributed by atoms with E-state index in [0.717, 1.165) is 31.8 Å². The molecule has 0 spiro atoms. The molecular formula is C45H66N2. The molecule has 2 aromatic rings. The zero-order valence-corrected chi connectivity index (χ0v) is 30.8. The quantitative estimate of drug-likeness (QED) is 0.0886. The maximum atomic E-state index is 4.61. The second-order valence-corrected chi connectivity index (χ2v) is 13.4. The van der Waals surface area contributed by atoms with E-state index in [1.165, 1.54) is 129 Å². The van der Waals surface area contributed by atoms with Gasteiger partial charge in [0.05, 0.1) is 0 Å². The van der Waals surface area contributed by atoms with E-state index in [4.69, 9.17) is 0 Å². The molecule has 0 saturated heterocycles. The number of benzene rings is 2. The summed E-state index contributed by atoms with van der Waals surface area (Å²) < 4.78 is 0. The molecule has 256 valence electrons. The van der Waals surface area contributed by atoms with E-state index in [0.29, 0.717) is 0 Å². The number of hydrogen-bond donors (Lipinski definition) is 0. The summed E-state index contributed by atoms with van der Waals surface area (Å²) in [4.78, 5) is 4.71. The molecule has 2 heteroatoms. The van der Waals surface area contributed by atoms with Gasteiger partial charge in [0.2, 0.25) is 0 Å². The first-order valence-electron chi connectivity index (χ1n) is 19.1. The van der Waals surface area contributed by atoms with E-state index in [1.54, 1.807) is 0 Å². The molecule has 0 amide bonds. The highest BCUT2D eigenvalue weighted by atomic mass is 15.1. The van der Waals surface area contributed by atoms with Crippen molar-refractivity contribution in [2.75, 3.05) is 31.6 Å². The lowest BCUT2D eigenvalue weighted by Crippen LogP contribution is -2.21. The summed E-state index contributed by atoms with van der Waals surface area (Å²) in [6, 6.07) is 15.8. The molecular weight excluding hydrogens is 569 g/mol. The fraction of sp³-hybridized carbons (Fsp3) is 0.511. The number of nitrogens with zero attached hydrogens (tertiary/aromatic N) is 2. The van der Waals surface area contributed by atoms with Gasteiger partial charge >= 0.3 is 0 Å². The highest BCUT2D eigenvalue weighted by Gasteiger charge is 2.19. The number of anilines is 1. The summed E-state index contributed by atoms with van der Waals surface area (Å²) in [5.41, 5.74) is 9.91. The van der Waals surface area contributed by atoms with Gasteiger partial charge in [-0.1, -0.05) is 157 Å². The van der Waals surface area contributed by atoms with Crippen molar-refractivity contribution in [3.63, 3.8) is 0 Å². The molecule has 2 nitrogen and oxygen atoms in total. The van der Waals surface area contributed by atoms with E-state index < -0.39 is 0 Å². The van der Waals surface area contributed by atoms with Gasteiger partial charge in [0.1, 0.15) is 0 Å². The number of allylic oxidation sites excluding steroid dienone is 6. The van der Waals surface area contributed by atoms with Crippen molar-refractivity contribution in [1.29, 1.82) is 0 Å². The van der Waals surface area contributed by atoms with Crippen LogP contribution in [0.3, 0.4) is 0 Å². The Balaban J connectivity index is 1.56. The normalized spacial score (nSPS) is 12.7. The lowest BCUT2D eigenvalue weighted by atomic mass is 9.85. The minimum absolute atomic E-state index is 0.870. The van der Waals surface area contributed by atoms with Crippen LogP contribution in [-0.4, -0.2) is 31.6 Å². The van der Waals surface area contributed by atoms with Gasteiger partial charge in [0.25, 0.3) is 0 Å². The summed E-state index contributed by atoms with van der Waals surface area (Å²) in [7, 11) is 2.17. The van der Waals surface area contributed by atoms with Gasteiger partial charge in [-0.15, -0.1) is 0 Å². The van der Waals surface area contributed by atoms with Crippen molar-refractivity contribution in [2.45, 2.75) is 124 Å². The van der Waals surface area contributed by atoms with Crippen LogP contribution in [0.4, 0.5) is 5.69 Å². The van der Waals surface area contributed by atoms with Crippen LogP contribution in [0.2, 0.25) is 0 Å². The second kappa shape index (κ2) is 22.3. The maximum absolute atomic E-state index is 4.61. The lowest BCUT2D eigenvalue weighted by molar-refractivity contribution is 0.534. The molecule has 0 heterocycles. The molecule has 1 aliphatic carbocycles. The summed E-state index contributed by atoms with van der Waals surface area (Å²) in [6.07, 6.45) is 34.2. The van der Waals surface area contributed by atoms with Crippen LogP contribution >= 0.6 is 0 Å². The molecule has 0 atom stereocenters. The van der Waals surface area contributed by atoms with Crippen molar-refractivity contribution in [1.82, 2.24) is 4.90 Å². The molecule has 0 unspecified atom stereocenters. The first-order chi connectivity index (χ1) is 23.0. The van der Waals surface area contributed by atoms with E-state index in [1.807, 2.05) is 0 Å². The predicted molar refractivity (Wildman–Crippen MR) is 211 cm³/mol. The van der Waals surface area contributed by atoms with Crippen molar-refractivity contribution >= 4 is 17.0 Å². The smallest absolute Gasteiger partial charge is 0.0373 e. The number of hydrogen-bond acceptors (Lipinski definition) is 2. The average Bonchev–Trinajstić information content (AvgIpc) is 3.10. The molecule has 0 aromatic heterocycles. The Hall–Kier alpha value is -3.26. The van der Waals surface area contributed by atoms with Crippen molar-refractivity contribution in [2.24, 2.45) is 0 Å². The molecule has 0 saturated carbocycles. The third kappa shape index (κ3) is 12.7. The Bertz CT molecular complexity index is 1310. The maximum Gasteiger partial charge on any atom is 0.0373 e. The third-order valence-electron chi connectivity index (χ3n) is 9.75. The van der Waals surface area contributed by atoms with Gasteiger partial charge in [-0.25, -0.2) is 0 Å². The van der Waals surface area contributed by atoms with Crippen molar-refractivity contribution in [3.05, 3.63) is 113 Å². The third-order valence-corrected chi connectivity index (χ3v) is 9.75. The Morgan fingerprint density at radius 1 is 0.702 bits per heavy atom. The van der Waals surface area contributed by atoms with Gasteiger partial charge in [-0.2, -0.15) is 0 Å². The lowest BCUT2D eigenvalue weighted by Gasteiger charge is -2.26. The van der Waals surface area contributed by atoms with Crippen LogP contribution in [0.25, 0.3) is 11.3 Å². The molecule has 0 N–H and O–H groups in total. The van der Waals surface area contributed by atoms with Crippen molar-refractivity contribution < 1.29 is 0 Å². The predicted octanol–water partition coefficient (Wildman–Crippen LogP) is 13.1. The minimum atomic E-state index is 0.870. The van der Waals surface area contributed by atoms with Crippen LogP contribution < -0.4 is 4.90 Å². The Morgan fingerprint density at radius 3 is 1.85 bits per heavy atom. The largest absolute Gasteiger partial charge is 0.372 e. The molecule has 0 fully saturated rings. The molecule has 1 aliphatic rings. The highest BCUT2D eigenvalue weighted by molar-refractivity contribution is 5.91. The molecule has 0 radical (unpaired) electrons. The number of aryl methyl sites for hydroxylation is 1. The number of likely N-dealkylation sites (N-methyl/N-ethyl adjacent to an activating group) is 1. The van der Waals surface area contributed by atoms with E-state index in [2.05, 4.69) is 130 Å². The average molecular weight is 635 g/mol. The Kier molecular flexibility index (Phi) is 18.1. The van der Waals surface area contributed by atoms with Crippen LogP contribution in [0.1, 0.15) is 139 Å². The Labute approximate surface area is 290 Å². The summed E-state index contributed by atoms with van der Waals surface area (Å²) in [6.45, 7) is 16.5. The zero-order valence-electron chi connectivity index (χ0n) is 30.8.